The topological polar surface area (TPSA) is 86.9 Å². The molecule has 0 aromatic carbocycles. The molecule has 0 aliphatic heterocycles. The molecule has 2 rings (SSSR count). The summed E-state index contributed by atoms with van der Waals surface area (Å²) in [5.41, 5.74) is 6.95. The lowest BCUT2D eigenvalue weighted by atomic mass is 10.3. The minimum Gasteiger partial charge on any atom is -0.394 e. The summed E-state index contributed by atoms with van der Waals surface area (Å²) in [5.74, 6) is 0. The van der Waals surface area contributed by atoms with Crippen molar-refractivity contribution in [2.24, 2.45) is 0 Å². The standard InChI is InChI=1S/C9H9BrN4O2/c1-5-8(13-16-12-5)4-14-2-6(10)9(15)7(11)3-14/h2-3H,4,11H2,1H3. The Balaban J connectivity index is 2.36. The summed E-state index contributed by atoms with van der Waals surface area (Å²) >= 11 is 3.15. The molecule has 84 valence electrons. The predicted octanol–water partition coefficient (Wildman–Crippen LogP) is 0.933. The Labute approximate surface area is 99.2 Å². The van der Waals surface area contributed by atoms with Crippen LogP contribution >= 0.6 is 15.9 Å². The lowest BCUT2D eigenvalue weighted by Gasteiger charge is -2.05. The van der Waals surface area contributed by atoms with E-state index in [2.05, 4.69) is 30.9 Å². The zero-order valence-corrected chi connectivity index (χ0v) is 10.1. The number of aryl methyl sites for hydroxylation is 1. The van der Waals surface area contributed by atoms with Crippen LogP contribution in [-0.4, -0.2) is 14.9 Å². The molecule has 0 atom stereocenters. The van der Waals surface area contributed by atoms with E-state index in [0.717, 1.165) is 0 Å². The zero-order chi connectivity index (χ0) is 11.7. The van der Waals surface area contributed by atoms with Crippen LogP contribution in [0.2, 0.25) is 0 Å². The van der Waals surface area contributed by atoms with Crippen molar-refractivity contribution in [3.05, 3.63) is 38.5 Å². The molecule has 0 spiro atoms. The number of nitrogens with two attached hydrogens (primary N) is 1. The third-order valence-electron chi connectivity index (χ3n) is 2.14. The molecule has 0 bridgehead atoms. The SMILES string of the molecule is Cc1nonc1Cn1cc(N)c(=O)c(Br)c1. The lowest BCUT2D eigenvalue weighted by Crippen LogP contribution is -2.13. The average molecular weight is 285 g/mol. The van der Waals surface area contributed by atoms with Crippen LogP contribution < -0.4 is 11.2 Å². The van der Waals surface area contributed by atoms with Gasteiger partial charge >= 0.3 is 0 Å². The van der Waals surface area contributed by atoms with Crippen molar-refractivity contribution in [3.63, 3.8) is 0 Å². The van der Waals surface area contributed by atoms with Gasteiger partial charge in [-0.15, -0.1) is 0 Å². The first-order valence-electron chi connectivity index (χ1n) is 4.51. The third-order valence-corrected chi connectivity index (χ3v) is 2.71. The molecule has 0 unspecified atom stereocenters. The summed E-state index contributed by atoms with van der Waals surface area (Å²) in [5, 5.41) is 7.42. The van der Waals surface area contributed by atoms with Crippen LogP contribution in [0.5, 0.6) is 0 Å². The van der Waals surface area contributed by atoms with Crippen molar-refractivity contribution < 1.29 is 4.63 Å². The van der Waals surface area contributed by atoms with Gasteiger partial charge in [0.2, 0.25) is 5.43 Å². The van der Waals surface area contributed by atoms with E-state index in [0.29, 0.717) is 22.4 Å². The number of rotatable bonds is 2. The Bertz CT molecular complexity index is 549. The number of nitrogen functional groups attached to an aromatic ring is 1. The van der Waals surface area contributed by atoms with Crippen molar-refractivity contribution in [2.45, 2.75) is 13.5 Å². The maximum Gasteiger partial charge on any atom is 0.218 e. The maximum atomic E-state index is 11.4. The molecule has 2 heterocycles. The van der Waals surface area contributed by atoms with Gasteiger partial charge in [0.1, 0.15) is 11.4 Å². The molecular formula is C9H9BrN4O2. The number of anilines is 1. The summed E-state index contributed by atoms with van der Waals surface area (Å²) in [6.45, 7) is 2.26. The van der Waals surface area contributed by atoms with Crippen LogP contribution in [0.3, 0.4) is 0 Å². The number of pyridine rings is 1. The van der Waals surface area contributed by atoms with Gasteiger partial charge in [-0.2, -0.15) is 0 Å². The quantitative estimate of drug-likeness (QED) is 0.887. The van der Waals surface area contributed by atoms with E-state index in [-0.39, 0.29) is 11.1 Å². The van der Waals surface area contributed by atoms with Gasteiger partial charge in [-0.25, -0.2) is 4.63 Å². The summed E-state index contributed by atoms with van der Waals surface area (Å²) < 4.78 is 6.75. The second kappa shape index (κ2) is 4.09. The van der Waals surface area contributed by atoms with Crippen molar-refractivity contribution >= 4 is 21.6 Å². The van der Waals surface area contributed by atoms with Gasteiger partial charge in [-0.1, -0.05) is 10.3 Å². The largest absolute Gasteiger partial charge is 0.394 e. The summed E-state index contributed by atoms with van der Waals surface area (Å²) in [6, 6.07) is 0. The lowest BCUT2D eigenvalue weighted by molar-refractivity contribution is 0.300. The first kappa shape index (κ1) is 10.9. The maximum absolute atomic E-state index is 11.4. The molecule has 6 nitrogen and oxygen atoms in total. The molecular weight excluding hydrogens is 276 g/mol. The fraction of sp³-hybridized carbons (Fsp3) is 0.222. The first-order valence-corrected chi connectivity index (χ1v) is 5.30. The van der Waals surface area contributed by atoms with Gasteiger partial charge in [0.25, 0.3) is 0 Å². The van der Waals surface area contributed by atoms with E-state index in [4.69, 9.17) is 5.73 Å². The molecule has 0 radical (unpaired) electrons. The molecule has 0 fully saturated rings. The van der Waals surface area contributed by atoms with E-state index in [1.165, 1.54) is 0 Å². The Morgan fingerprint density at radius 2 is 2.25 bits per heavy atom. The van der Waals surface area contributed by atoms with Crippen LogP contribution in [0.4, 0.5) is 5.69 Å². The van der Waals surface area contributed by atoms with Gasteiger partial charge in [-0.3, -0.25) is 4.79 Å². The van der Waals surface area contributed by atoms with Crippen LogP contribution in [0, 0.1) is 6.92 Å². The highest BCUT2D eigenvalue weighted by molar-refractivity contribution is 9.10. The van der Waals surface area contributed by atoms with Crippen molar-refractivity contribution in [1.29, 1.82) is 0 Å². The Morgan fingerprint density at radius 3 is 2.81 bits per heavy atom. The molecule has 2 aromatic heterocycles. The van der Waals surface area contributed by atoms with E-state index < -0.39 is 0 Å². The Kier molecular flexibility index (Phi) is 2.78. The molecule has 2 aromatic rings. The minimum atomic E-state index is -0.216. The second-order valence-corrected chi connectivity index (χ2v) is 4.21. The molecule has 0 amide bonds. The van der Waals surface area contributed by atoms with Crippen molar-refractivity contribution in [3.8, 4) is 0 Å². The Hall–Kier alpha value is -1.63. The number of hydrogen-bond acceptors (Lipinski definition) is 5. The molecule has 2 N–H and O–H groups in total. The second-order valence-electron chi connectivity index (χ2n) is 3.36. The van der Waals surface area contributed by atoms with Gasteiger partial charge in [-0.05, 0) is 22.9 Å². The van der Waals surface area contributed by atoms with E-state index >= 15 is 0 Å². The average Bonchev–Trinajstić information content (AvgIpc) is 2.61. The van der Waals surface area contributed by atoms with Gasteiger partial charge < -0.3 is 10.3 Å². The first-order chi connectivity index (χ1) is 7.58. The normalized spacial score (nSPS) is 10.6. The fourth-order valence-electron chi connectivity index (χ4n) is 1.27. The van der Waals surface area contributed by atoms with Crippen molar-refractivity contribution in [1.82, 2.24) is 14.9 Å². The highest BCUT2D eigenvalue weighted by atomic mass is 79.9. The van der Waals surface area contributed by atoms with Crippen LogP contribution in [-0.2, 0) is 6.54 Å². The van der Waals surface area contributed by atoms with Gasteiger partial charge in [0.05, 0.1) is 16.7 Å². The predicted molar refractivity (Wildman–Crippen MR) is 61.0 cm³/mol. The number of nitrogens with zero attached hydrogens (tertiary/aromatic N) is 3. The third kappa shape index (κ3) is 1.99. The van der Waals surface area contributed by atoms with E-state index in [9.17, 15) is 4.79 Å². The van der Waals surface area contributed by atoms with E-state index in [1.807, 2.05) is 0 Å². The number of hydrogen-bond donors (Lipinski definition) is 1. The monoisotopic (exact) mass is 284 g/mol. The Morgan fingerprint density at radius 1 is 1.50 bits per heavy atom. The molecule has 0 saturated carbocycles. The summed E-state index contributed by atoms with van der Waals surface area (Å²) in [6.07, 6.45) is 3.20. The van der Waals surface area contributed by atoms with Crippen LogP contribution in [0.25, 0.3) is 0 Å². The molecule has 7 heteroatoms. The van der Waals surface area contributed by atoms with E-state index in [1.54, 1.807) is 23.9 Å². The van der Waals surface area contributed by atoms with Crippen molar-refractivity contribution in [2.75, 3.05) is 5.73 Å². The molecule has 0 aliphatic carbocycles. The highest BCUT2D eigenvalue weighted by Gasteiger charge is 2.07. The summed E-state index contributed by atoms with van der Waals surface area (Å²) in [4.78, 5) is 11.4. The van der Waals surface area contributed by atoms with Gasteiger partial charge in [0, 0.05) is 12.4 Å². The number of halogens is 1. The zero-order valence-electron chi connectivity index (χ0n) is 8.48. The number of aromatic nitrogens is 3. The molecule has 16 heavy (non-hydrogen) atoms. The van der Waals surface area contributed by atoms with Crippen LogP contribution in [0.1, 0.15) is 11.4 Å². The minimum absolute atomic E-state index is 0.184. The highest BCUT2D eigenvalue weighted by Crippen LogP contribution is 2.09. The molecule has 0 saturated heterocycles. The van der Waals surface area contributed by atoms with Crippen LogP contribution in [0.15, 0.2) is 26.3 Å². The smallest absolute Gasteiger partial charge is 0.218 e. The summed E-state index contributed by atoms with van der Waals surface area (Å²) in [7, 11) is 0. The van der Waals surface area contributed by atoms with Gasteiger partial charge in [0.15, 0.2) is 0 Å². The molecule has 0 aliphatic rings. The fourth-order valence-corrected chi connectivity index (χ4v) is 1.77.